The lowest BCUT2D eigenvalue weighted by molar-refractivity contribution is -0.156. The number of ether oxygens (including phenoxy) is 1. The van der Waals surface area contributed by atoms with Gasteiger partial charge in [-0.15, -0.1) is 6.58 Å². The van der Waals surface area contributed by atoms with E-state index in [1.807, 2.05) is 0 Å². The number of rotatable bonds is 11. The number of alkyl halides is 2. The molecule has 1 unspecified atom stereocenters. The third kappa shape index (κ3) is 7.77. The van der Waals surface area contributed by atoms with Crippen LogP contribution in [0.2, 0.25) is 0 Å². The number of hydrogen-bond acceptors (Lipinski definition) is 2. The lowest BCUT2D eigenvalue weighted by Gasteiger charge is -2.28. The van der Waals surface area contributed by atoms with E-state index in [0.717, 1.165) is 18.9 Å². The quantitative estimate of drug-likeness (QED) is 0.172. The summed E-state index contributed by atoms with van der Waals surface area (Å²) < 4.78 is 57.3. The summed E-state index contributed by atoms with van der Waals surface area (Å²) in [5.74, 6) is -6.13. The van der Waals surface area contributed by atoms with Gasteiger partial charge in [0.15, 0.2) is 0 Å². The van der Waals surface area contributed by atoms with E-state index in [9.17, 15) is 22.4 Å². The maximum absolute atomic E-state index is 14.3. The number of halogens is 5. The molecule has 0 spiro atoms. The summed E-state index contributed by atoms with van der Waals surface area (Å²) in [5, 5.41) is -0.0993. The monoisotopic (exact) mass is 394 g/mol. The van der Waals surface area contributed by atoms with Crippen molar-refractivity contribution in [2.45, 2.75) is 50.9 Å². The molecule has 0 aromatic carbocycles. The van der Waals surface area contributed by atoms with Gasteiger partial charge in [-0.05, 0) is 62.7 Å². The first-order valence-electron chi connectivity index (χ1n) is 8.53. The zero-order valence-electron chi connectivity index (χ0n) is 14.5. The Labute approximate surface area is 156 Å². The Morgan fingerprint density at radius 1 is 1.23 bits per heavy atom. The van der Waals surface area contributed by atoms with Gasteiger partial charge in [0.05, 0.1) is 6.61 Å². The van der Waals surface area contributed by atoms with Crippen LogP contribution < -0.4 is 0 Å². The maximum Gasteiger partial charge on any atom is 0.319 e. The maximum atomic E-state index is 14.3. The van der Waals surface area contributed by atoms with Gasteiger partial charge in [0.1, 0.15) is 5.92 Å². The number of esters is 1. The standard InChI is InChI=1S/C19H23ClF4O2/c1-2-3-4-6-9-14-12-15(20)13-19(23,24)17(14)18(25)26-11-8-5-7-10-16(21)22/h2,10,12-13,17H,1,3-9,11H2. The lowest BCUT2D eigenvalue weighted by Crippen LogP contribution is -2.37. The van der Waals surface area contributed by atoms with Gasteiger partial charge in [0.2, 0.25) is 0 Å². The average Bonchev–Trinajstić information content (AvgIpc) is 2.52. The van der Waals surface area contributed by atoms with Crippen LogP contribution >= 0.6 is 11.6 Å². The molecule has 0 aliphatic heterocycles. The predicted octanol–water partition coefficient (Wildman–Crippen LogP) is 6.54. The second kappa shape index (κ2) is 11.2. The van der Waals surface area contributed by atoms with Gasteiger partial charge in [0.25, 0.3) is 12.0 Å². The van der Waals surface area contributed by atoms with Crippen LogP contribution in [-0.4, -0.2) is 18.5 Å². The molecule has 1 atom stereocenters. The number of carbonyl (C=O) groups excluding carboxylic acids is 1. The highest BCUT2D eigenvalue weighted by molar-refractivity contribution is 6.31. The van der Waals surface area contributed by atoms with Crippen LogP contribution in [0.4, 0.5) is 17.6 Å². The first kappa shape index (κ1) is 22.5. The van der Waals surface area contributed by atoms with Crippen LogP contribution in [0.25, 0.3) is 0 Å². The van der Waals surface area contributed by atoms with Crippen molar-refractivity contribution in [2.75, 3.05) is 6.61 Å². The Morgan fingerprint density at radius 3 is 2.58 bits per heavy atom. The third-order valence-corrected chi connectivity index (χ3v) is 4.13. The van der Waals surface area contributed by atoms with Crippen molar-refractivity contribution < 1.29 is 27.1 Å². The van der Waals surface area contributed by atoms with Gasteiger partial charge in [0, 0.05) is 11.1 Å². The van der Waals surface area contributed by atoms with E-state index in [0.29, 0.717) is 31.8 Å². The summed E-state index contributed by atoms with van der Waals surface area (Å²) in [6, 6.07) is 0. The summed E-state index contributed by atoms with van der Waals surface area (Å²) in [4.78, 5) is 12.2. The fourth-order valence-electron chi connectivity index (χ4n) is 2.67. The first-order chi connectivity index (χ1) is 12.3. The fourth-order valence-corrected chi connectivity index (χ4v) is 2.96. The van der Waals surface area contributed by atoms with E-state index in [-0.39, 0.29) is 23.6 Å². The van der Waals surface area contributed by atoms with E-state index in [4.69, 9.17) is 16.3 Å². The molecule has 26 heavy (non-hydrogen) atoms. The zero-order valence-corrected chi connectivity index (χ0v) is 15.2. The lowest BCUT2D eigenvalue weighted by atomic mass is 9.85. The van der Waals surface area contributed by atoms with Crippen molar-refractivity contribution in [3.8, 4) is 0 Å². The van der Waals surface area contributed by atoms with Crippen molar-refractivity contribution in [1.29, 1.82) is 0 Å². The molecular formula is C19H23ClF4O2. The molecule has 146 valence electrons. The van der Waals surface area contributed by atoms with Crippen LogP contribution in [0.1, 0.15) is 44.9 Å². The second-order valence-electron chi connectivity index (χ2n) is 6.05. The van der Waals surface area contributed by atoms with E-state index in [1.54, 1.807) is 6.08 Å². The Hall–Kier alpha value is -1.56. The normalized spacial score (nSPS) is 18.6. The molecule has 0 aromatic heterocycles. The van der Waals surface area contributed by atoms with Crippen molar-refractivity contribution >= 4 is 17.6 Å². The third-order valence-electron chi connectivity index (χ3n) is 3.91. The molecule has 1 rings (SSSR count). The van der Waals surface area contributed by atoms with Crippen LogP contribution in [-0.2, 0) is 9.53 Å². The SMILES string of the molecule is C=CCCCCC1=CC(Cl)=CC(F)(F)C1C(=O)OCCCCC=C(F)F. The van der Waals surface area contributed by atoms with Gasteiger partial charge in [-0.25, -0.2) is 8.78 Å². The predicted molar refractivity (Wildman–Crippen MR) is 94.2 cm³/mol. The molecule has 0 saturated carbocycles. The van der Waals surface area contributed by atoms with E-state index >= 15 is 0 Å². The van der Waals surface area contributed by atoms with Gasteiger partial charge < -0.3 is 4.74 Å². The summed E-state index contributed by atoms with van der Waals surface area (Å²) in [7, 11) is 0. The molecule has 2 nitrogen and oxygen atoms in total. The summed E-state index contributed by atoms with van der Waals surface area (Å²) in [6.45, 7) is 3.51. The molecule has 0 fully saturated rings. The molecule has 7 heteroatoms. The largest absolute Gasteiger partial charge is 0.465 e. The van der Waals surface area contributed by atoms with Crippen LogP contribution in [0.5, 0.6) is 0 Å². The van der Waals surface area contributed by atoms with Gasteiger partial charge in [-0.2, -0.15) is 8.78 Å². The van der Waals surface area contributed by atoms with Crippen LogP contribution in [0, 0.1) is 5.92 Å². The van der Waals surface area contributed by atoms with Crippen molar-refractivity contribution in [1.82, 2.24) is 0 Å². The van der Waals surface area contributed by atoms with Gasteiger partial charge >= 0.3 is 5.97 Å². The Balaban J connectivity index is 2.62. The molecule has 0 heterocycles. The van der Waals surface area contributed by atoms with Crippen molar-refractivity contribution in [3.63, 3.8) is 0 Å². The molecule has 0 aromatic rings. The van der Waals surface area contributed by atoms with Gasteiger partial charge in [-0.3, -0.25) is 4.79 Å². The number of hydrogen-bond donors (Lipinski definition) is 0. The first-order valence-corrected chi connectivity index (χ1v) is 8.91. The highest BCUT2D eigenvalue weighted by Crippen LogP contribution is 2.41. The van der Waals surface area contributed by atoms with Crippen LogP contribution in [0.3, 0.4) is 0 Å². The number of allylic oxidation sites excluding steroid dienone is 5. The molecule has 0 saturated heterocycles. The summed E-state index contributed by atoms with van der Waals surface area (Å²) >= 11 is 5.76. The summed E-state index contributed by atoms with van der Waals surface area (Å²) in [5.41, 5.74) is 0.249. The number of unbranched alkanes of at least 4 members (excludes halogenated alkanes) is 4. The summed E-state index contributed by atoms with van der Waals surface area (Å²) in [6.07, 6.45) is 6.02. The molecule has 0 bridgehead atoms. The molecule has 1 aliphatic rings. The zero-order chi connectivity index (χ0) is 19.6. The van der Waals surface area contributed by atoms with Crippen molar-refractivity contribution in [2.24, 2.45) is 5.92 Å². The second-order valence-corrected chi connectivity index (χ2v) is 6.48. The van der Waals surface area contributed by atoms with E-state index in [1.165, 1.54) is 6.08 Å². The average molecular weight is 395 g/mol. The minimum Gasteiger partial charge on any atom is -0.465 e. The highest BCUT2D eigenvalue weighted by atomic mass is 35.5. The van der Waals surface area contributed by atoms with Crippen molar-refractivity contribution in [3.05, 3.63) is 47.6 Å². The smallest absolute Gasteiger partial charge is 0.319 e. The topological polar surface area (TPSA) is 26.3 Å². The molecule has 0 amide bonds. The molecular weight excluding hydrogens is 372 g/mol. The van der Waals surface area contributed by atoms with E-state index < -0.39 is 23.9 Å². The Kier molecular flexibility index (Phi) is 9.70. The highest BCUT2D eigenvalue weighted by Gasteiger charge is 2.47. The van der Waals surface area contributed by atoms with Crippen LogP contribution in [0.15, 0.2) is 47.6 Å². The van der Waals surface area contributed by atoms with E-state index in [2.05, 4.69) is 6.58 Å². The minimum absolute atomic E-state index is 0.0889. The minimum atomic E-state index is -3.42. The molecule has 0 radical (unpaired) electrons. The molecule has 0 N–H and O–H groups in total. The molecule has 1 aliphatic carbocycles. The number of carbonyl (C=O) groups is 1. The Bertz CT molecular complexity index is 578. The van der Waals surface area contributed by atoms with Gasteiger partial charge in [-0.1, -0.05) is 17.7 Å². The fraction of sp³-hybridized carbons (Fsp3) is 0.526. The Morgan fingerprint density at radius 2 is 1.92 bits per heavy atom.